The summed E-state index contributed by atoms with van der Waals surface area (Å²) in [6, 6.07) is 75.5. The van der Waals surface area contributed by atoms with Crippen LogP contribution < -0.4 is 0 Å². The molecule has 15 aromatic rings. The molecule has 5 heterocycles. The maximum absolute atomic E-state index is 6.87. The van der Waals surface area contributed by atoms with Gasteiger partial charge in [-0.3, -0.25) is 0 Å². The van der Waals surface area contributed by atoms with Gasteiger partial charge in [0.2, 0.25) is 0 Å². The van der Waals surface area contributed by atoms with Crippen LogP contribution in [0.15, 0.2) is 232 Å². The lowest BCUT2D eigenvalue weighted by molar-refractivity contribution is 0.666. The highest BCUT2D eigenvalue weighted by Crippen LogP contribution is 2.45. The van der Waals surface area contributed by atoms with Crippen molar-refractivity contribution in [3.8, 4) is 62.1 Å². The maximum atomic E-state index is 6.87. The van der Waals surface area contributed by atoms with Crippen LogP contribution in [-0.2, 0) is 0 Å². The first-order valence-electron chi connectivity index (χ1n) is 23.4. The number of fused-ring (bicyclic) bond motifs is 12. The van der Waals surface area contributed by atoms with Crippen molar-refractivity contribution in [2.24, 2.45) is 0 Å². The Labute approximate surface area is 399 Å². The fraction of sp³-hybridized carbons (Fsp3) is 0. The maximum Gasteiger partial charge on any atom is 0.164 e. The fourth-order valence-electron chi connectivity index (χ4n) is 10.7. The number of furan rings is 3. The number of nitrogens with zero attached hydrogens (tertiary/aromatic N) is 4. The molecule has 0 saturated heterocycles. The molecule has 0 amide bonds. The van der Waals surface area contributed by atoms with E-state index in [1.807, 2.05) is 66.7 Å². The van der Waals surface area contributed by atoms with E-state index < -0.39 is 0 Å². The van der Waals surface area contributed by atoms with E-state index in [0.29, 0.717) is 17.5 Å². The van der Waals surface area contributed by atoms with Crippen LogP contribution in [0.1, 0.15) is 0 Å². The average molecular weight is 897 g/mol. The summed E-state index contributed by atoms with van der Waals surface area (Å²) in [5.74, 6) is 1.71. The average Bonchev–Trinajstić information content (AvgIpc) is 4.20. The van der Waals surface area contributed by atoms with Gasteiger partial charge in [-0.1, -0.05) is 170 Å². The van der Waals surface area contributed by atoms with Crippen molar-refractivity contribution in [1.29, 1.82) is 0 Å². The zero-order chi connectivity index (χ0) is 45.9. The number of rotatable bonds is 6. The molecule has 7 nitrogen and oxygen atoms in total. The van der Waals surface area contributed by atoms with E-state index in [2.05, 4.69) is 156 Å². The van der Waals surface area contributed by atoms with Gasteiger partial charge in [-0.05, 0) is 65.2 Å². The van der Waals surface area contributed by atoms with E-state index in [1.165, 1.54) is 10.8 Å². The van der Waals surface area contributed by atoms with Crippen LogP contribution >= 0.6 is 0 Å². The van der Waals surface area contributed by atoms with Gasteiger partial charge in [0.25, 0.3) is 0 Å². The first-order chi connectivity index (χ1) is 34.7. The van der Waals surface area contributed by atoms with Crippen molar-refractivity contribution >= 4 is 87.6 Å². The molecule has 0 unspecified atom stereocenters. The summed E-state index contributed by atoms with van der Waals surface area (Å²) in [7, 11) is 0. The molecule has 70 heavy (non-hydrogen) atoms. The largest absolute Gasteiger partial charge is 0.456 e. The smallest absolute Gasteiger partial charge is 0.164 e. The lowest BCUT2D eigenvalue weighted by Crippen LogP contribution is -2.00. The molecule has 0 radical (unpaired) electrons. The standard InChI is InChI=1S/C63H36N4O3/c1-2-14-38(15-3-1)61-64-62(39-30-28-37(29-31-39)42-20-12-21-46-45-18-6-10-25-53(45)69-59(42)46)66-63(65-61)48-22-13-27-56-57(48)49-36-40(32-35-55(49)68-56)41-33-34-52(60-58(41)47-19-7-11-26-54(47)70-60)67-50-23-8-4-16-43(50)44-17-5-9-24-51(44)67/h1-36H. The predicted molar refractivity (Wildman–Crippen MR) is 283 cm³/mol. The fourth-order valence-corrected chi connectivity index (χ4v) is 10.7. The van der Waals surface area contributed by atoms with Crippen LogP contribution in [0.4, 0.5) is 0 Å². The Morgan fingerprint density at radius 3 is 1.60 bits per heavy atom. The molecule has 0 N–H and O–H groups in total. The van der Waals surface area contributed by atoms with E-state index in [9.17, 15) is 0 Å². The molecular weight excluding hydrogens is 861 g/mol. The molecular formula is C63H36N4O3. The van der Waals surface area contributed by atoms with Crippen molar-refractivity contribution < 1.29 is 13.3 Å². The highest BCUT2D eigenvalue weighted by Gasteiger charge is 2.23. The summed E-state index contributed by atoms with van der Waals surface area (Å²) < 4.78 is 22.2. The molecule has 0 aliphatic carbocycles. The summed E-state index contributed by atoms with van der Waals surface area (Å²) >= 11 is 0. The summed E-state index contributed by atoms with van der Waals surface area (Å²) in [6.07, 6.45) is 0. The van der Waals surface area contributed by atoms with Crippen molar-refractivity contribution in [3.63, 3.8) is 0 Å². The minimum absolute atomic E-state index is 0.553. The summed E-state index contributed by atoms with van der Waals surface area (Å²) in [4.78, 5) is 15.5. The molecule has 326 valence electrons. The molecule has 0 fully saturated rings. The lowest BCUT2D eigenvalue weighted by Gasteiger charge is -2.12. The second-order valence-corrected chi connectivity index (χ2v) is 17.8. The van der Waals surface area contributed by atoms with Crippen molar-refractivity contribution in [3.05, 3.63) is 218 Å². The van der Waals surface area contributed by atoms with Gasteiger partial charge in [-0.15, -0.1) is 0 Å². The quantitative estimate of drug-likeness (QED) is 0.165. The Kier molecular flexibility index (Phi) is 8.23. The van der Waals surface area contributed by atoms with Gasteiger partial charge in [0.1, 0.15) is 27.9 Å². The lowest BCUT2D eigenvalue weighted by atomic mass is 9.96. The Balaban J connectivity index is 0.893. The minimum Gasteiger partial charge on any atom is -0.456 e. The Morgan fingerprint density at radius 2 is 0.829 bits per heavy atom. The third kappa shape index (κ3) is 5.79. The molecule has 5 aromatic heterocycles. The normalized spacial score (nSPS) is 12.0. The summed E-state index contributed by atoms with van der Waals surface area (Å²) in [5, 5.41) is 8.60. The molecule has 0 aliphatic heterocycles. The molecule has 10 aromatic carbocycles. The number of para-hydroxylation sites is 5. The third-order valence-electron chi connectivity index (χ3n) is 13.9. The molecule has 0 bridgehead atoms. The van der Waals surface area contributed by atoms with Gasteiger partial charge in [-0.25, -0.2) is 15.0 Å². The van der Waals surface area contributed by atoms with Gasteiger partial charge in [0, 0.05) is 65.3 Å². The molecule has 15 rings (SSSR count). The van der Waals surface area contributed by atoms with Crippen molar-refractivity contribution in [2.45, 2.75) is 0 Å². The monoisotopic (exact) mass is 896 g/mol. The molecule has 0 aliphatic rings. The van der Waals surface area contributed by atoms with E-state index in [0.717, 1.165) is 121 Å². The number of aromatic nitrogens is 4. The van der Waals surface area contributed by atoms with Gasteiger partial charge >= 0.3 is 0 Å². The number of benzene rings is 10. The van der Waals surface area contributed by atoms with Gasteiger partial charge in [-0.2, -0.15) is 0 Å². The zero-order valence-corrected chi connectivity index (χ0v) is 37.3. The Bertz CT molecular complexity index is 4540. The van der Waals surface area contributed by atoms with Gasteiger partial charge < -0.3 is 17.8 Å². The van der Waals surface area contributed by atoms with Crippen LogP contribution in [-0.4, -0.2) is 19.5 Å². The van der Waals surface area contributed by atoms with Crippen LogP contribution in [0.3, 0.4) is 0 Å². The highest BCUT2D eigenvalue weighted by atomic mass is 16.3. The van der Waals surface area contributed by atoms with Crippen molar-refractivity contribution in [1.82, 2.24) is 19.5 Å². The molecule has 0 atom stereocenters. The second-order valence-electron chi connectivity index (χ2n) is 17.8. The van der Waals surface area contributed by atoms with Gasteiger partial charge in [0.05, 0.1) is 16.7 Å². The predicted octanol–water partition coefficient (Wildman–Crippen LogP) is 17.0. The highest BCUT2D eigenvalue weighted by molar-refractivity contribution is 6.19. The zero-order valence-electron chi connectivity index (χ0n) is 37.3. The molecule has 0 spiro atoms. The third-order valence-corrected chi connectivity index (χ3v) is 13.9. The van der Waals surface area contributed by atoms with E-state index >= 15 is 0 Å². The van der Waals surface area contributed by atoms with E-state index in [-0.39, 0.29) is 0 Å². The van der Waals surface area contributed by atoms with Crippen molar-refractivity contribution in [2.75, 3.05) is 0 Å². The Morgan fingerprint density at radius 1 is 0.286 bits per heavy atom. The first-order valence-corrected chi connectivity index (χ1v) is 23.4. The van der Waals surface area contributed by atoms with E-state index in [1.54, 1.807) is 0 Å². The van der Waals surface area contributed by atoms with E-state index in [4.69, 9.17) is 28.2 Å². The van der Waals surface area contributed by atoms with Crippen LogP contribution in [0.5, 0.6) is 0 Å². The Hall–Kier alpha value is -9.59. The van der Waals surface area contributed by atoms with Crippen LogP contribution in [0, 0.1) is 0 Å². The topological polar surface area (TPSA) is 83.0 Å². The summed E-state index contributed by atoms with van der Waals surface area (Å²) in [6.45, 7) is 0. The van der Waals surface area contributed by atoms with Crippen LogP contribution in [0.2, 0.25) is 0 Å². The van der Waals surface area contributed by atoms with Crippen LogP contribution in [0.25, 0.3) is 150 Å². The first kappa shape index (κ1) is 38.5. The minimum atomic E-state index is 0.553. The van der Waals surface area contributed by atoms with Gasteiger partial charge in [0.15, 0.2) is 23.1 Å². The second kappa shape index (κ2) is 15.0. The number of hydrogen-bond donors (Lipinski definition) is 0. The summed E-state index contributed by atoms with van der Waals surface area (Å²) in [5.41, 5.74) is 15.0. The molecule has 7 heteroatoms. The number of hydrogen-bond acceptors (Lipinski definition) is 6. The SMILES string of the molecule is c1ccc(-c2nc(-c3ccc(-c4cccc5c4oc4ccccc45)cc3)nc(-c3cccc4oc5ccc(-c6ccc(-n7c8ccccc8c8ccccc87)c7oc8ccccc8c67)cc5c34)n2)cc1. The molecule has 0 saturated carbocycles.